The zero-order valence-electron chi connectivity index (χ0n) is 6.62. The number of allylic oxidation sites excluding steroid dienone is 4. The average Bonchev–Trinajstić information content (AvgIpc) is 2.80. The Morgan fingerprint density at radius 3 is 3.27 bits per heavy atom. The summed E-state index contributed by atoms with van der Waals surface area (Å²) in [5, 5.41) is 8.71. The summed E-state index contributed by atoms with van der Waals surface area (Å²) < 4.78 is 0. The van der Waals surface area contributed by atoms with Crippen molar-refractivity contribution in [3.05, 3.63) is 23.8 Å². The van der Waals surface area contributed by atoms with E-state index in [9.17, 15) is 0 Å². The summed E-state index contributed by atoms with van der Waals surface area (Å²) in [6, 6.07) is 2.29. The van der Waals surface area contributed by atoms with Gasteiger partial charge >= 0.3 is 0 Å². The highest BCUT2D eigenvalue weighted by Crippen LogP contribution is 2.49. The smallest absolute Gasteiger partial charge is 0.0697 e. The Labute approximate surface area is 67.0 Å². The van der Waals surface area contributed by atoms with Crippen molar-refractivity contribution >= 4 is 0 Å². The molecule has 1 saturated carbocycles. The molecule has 3 atom stereocenters. The van der Waals surface area contributed by atoms with Gasteiger partial charge in [0.05, 0.1) is 12.0 Å². The second-order valence-corrected chi connectivity index (χ2v) is 3.41. The first-order valence-corrected chi connectivity index (χ1v) is 4.11. The fraction of sp³-hybridized carbons (Fsp3) is 0.500. The van der Waals surface area contributed by atoms with Crippen LogP contribution in [0.25, 0.3) is 0 Å². The molecule has 11 heavy (non-hydrogen) atoms. The normalized spacial score (nSPS) is 35.1. The lowest BCUT2D eigenvalue weighted by atomic mass is 9.94. The van der Waals surface area contributed by atoms with Gasteiger partial charge in [0.2, 0.25) is 0 Å². The maximum absolute atomic E-state index is 8.71. The van der Waals surface area contributed by atoms with E-state index in [0.717, 1.165) is 11.8 Å². The van der Waals surface area contributed by atoms with E-state index in [1.807, 2.05) is 6.92 Å². The average molecular weight is 145 g/mol. The summed E-state index contributed by atoms with van der Waals surface area (Å²) in [6.45, 7) is 1.99. The van der Waals surface area contributed by atoms with Gasteiger partial charge < -0.3 is 0 Å². The molecule has 2 aliphatic rings. The minimum Gasteiger partial charge on any atom is -0.198 e. The van der Waals surface area contributed by atoms with Crippen LogP contribution in [0.1, 0.15) is 13.3 Å². The van der Waals surface area contributed by atoms with Crippen LogP contribution < -0.4 is 0 Å². The van der Waals surface area contributed by atoms with E-state index < -0.39 is 0 Å². The monoisotopic (exact) mass is 145 g/mol. The van der Waals surface area contributed by atoms with Gasteiger partial charge in [-0.25, -0.2) is 0 Å². The van der Waals surface area contributed by atoms with Gasteiger partial charge in [0.1, 0.15) is 0 Å². The first-order chi connectivity index (χ1) is 5.33. The summed E-state index contributed by atoms with van der Waals surface area (Å²) in [5.41, 5.74) is 1.35. The molecule has 56 valence electrons. The molecule has 0 radical (unpaired) electrons. The molecule has 1 nitrogen and oxygen atoms in total. The van der Waals surface area contributed by atoms with E-state index in [1.54, 1.807) is 0 Å². The third-order valence-electron chi connectivity index (χ3n) is 2.61. The van der Waals surface area contributed by atoms with Crippen molar-refractivity contribution in [2.24, 2.45) is 17.8 Å². The zero-order chi connectivity index (χ0) is 7.84. The summed E-state index contributed by atoms with van der Waals surface area (Å²) in [5.74, 6) is 1.61. The Hall–Kier alpha value is -1.03. The quantitative estimate of drug-likeness (QED) is 0.555. The van der Waals surface area contributed by atoms with E-state index in [2.05, 4.69) is 24.3 Å². The zero-order valence-corrected chi connectivity index (χ0v) is 6.62. The molecule has 0 spiro atoms. The Morgan fingerprint density at radius 2 is 2.55 bits per heavy atom. The number of nitrogens with zero attached hydrogens (tertiary/aromatic N) is 1. The van der Waals surface area contributed by atoms with Gasteiger partial charge in [0, 0.05) is 0 Å². The van der Waals surface area contributed by atoms with Crippen LogP contribution in [0.5, 0.6) is 0 Å². The second-order valence-electron chi connectivity index (χ2n) is 3.41. The SMILES string of the molecule is CC(C#N)C1=CC=CC2CC12. The van der Waals surface area contributed by atoms with Gasteiger partial charge in [-0.2, -0.15) is 5.26 Å². The van der Waals surface area contributed by atoms with Crippen LogP contribution in [0, 0.1) is 29.1 Å². The Balaban J connectivity index is 2.20. The van der Waals surface area contributed by atoms with Crippen LogP contribution in [0.3, 0.4) is 0 Å². The van der Waals surface area contributed by atoms with Crippen LogP contribution >= 0.6 is 0 Å². The first kappa shape index (κ1) is 6.67. The van der Waals surface area contributed by atoms with Crippen LogP contribution in [0.15, 0.2) is 23.8 Å². The molecular formula is C10H11N. The van der Waals surface area contributed by atoms with E-state index in [-0.39, 0.29) is 5.92 Å². The lowest BCUT2D eigenvalue weighted by Gasteiger charge is -2.09. The van der Waals surface area contributed by atoms with Gasteiger partial charge in [0.15, 0.2) is 0 Å². The fourth-order valence-corrected chi connectivity index (χ4v) is 1.78. The molecule has 0 N–H and O–H groups in total. The predicted octanol–water partition coefficient (Wildman–Crippen LogP) is 2.28. The third-order valence-corrected chi connectivity index (χ3v) is 2.61. The molecule has 0 aromatic rings. The van der Waals surface area contributed by atoms with Gasteiger partial charge in [-0.3, -0.25) is 0 Å². The molecule has 0 aromatic heterocycles. The third kappa shape index (κ3) is 0.991. The van der Waals surface area contributed by atoms with Crippen LogP contribution in [0.4, 0.5) is 0 Å². The van der Waals surface area contributed by atoms with E-state index in [4.69, 9.17) is 5.26 Å². The molecule has 2 rings (SSSR count). The van der Waals surface area contributed by atoms with Crippen LogP contribution in [0.2, 0.25) is 0 Å². The molecule has 1 heteroatoms. The lowest BCUT2D eigenvalue weighted by molar-refractivity contribution is 0.754. The Kier molecular flexibility index (Phi) is 1.35. The molecule has 0 aromatic carbocycles. The van der Waals surface area contributed by atoms with Crippen molar-refractivity contribution in [3.8, 4) is 6.07 Å². The minimum atomic E-state index is 0.120. The number of hydrogen-bond acceptors (Lipinski definition) is 1. The minimum absolute atomic E-state index is 0.120. The lowest BCUT2D eigenvalue weighted by Crippen LogP contribution is -2.01. The van der Waals surface area contributed by atoms with E-state index in [1.165, 1.54) is 12.0 Å². The maximum Gasteiger partial charge on any atom is 0.0697 e. The van der Waals surface area contributed by atoms with Gasteiger partial charge in [-0.05, 0) is 30.8 Å². The molecule has 0 amide bonds. The largest absolute Gasteiger partial charge is 0.198 e. The molecule has 0 saturated heterocycles. The number of fused-ring (bicyclic) bond motifs is 1. The molecular weight excluding hydrogens is 134 g/mol. The summed E-state index contributed by atoms with van der Waals surface area (Å²) in [6.07, 6.45) is 7.73. The molecule has 0 heterocycles. The van der Waals surface area contributed by atoms with Gasteiger partial charge in [-0.15, -0.1) is 0 Å². The summed E-state index contributed by atoms with van der Waals surface area (Å²) >= 11 is 0. The van der Waals surface area contributed by atoms with Crippen molar-refractivity contribution in [1.82, 2.24) is 0 Å². The number of rotatable bonds is 1. The highest BCUT2D eigenvalue weighted by molar-refractivity contribution is 5.33. The highest BCUT2D eigenvalue weighted by Gasteiger charge is 2.40. The molecule has 0 aliphatic heterocycles. The highest BCUT2D eigenvalue weighted by atomic mass is 14.4. The van der Waals surface area contributed by atoms with Crippen molar-refractivity contribution < 1.29 is 0 Å². The van der Waals surface area contributed by atoms with Crippen molar-refractivity contribution in [2.45, 2.75) is 13.3 Å². The predicted molar refractivity (Wildman–Crippen MR) is 43.6 cm³/mol. The first-order valence-electron chi connectivity index (χ1n) is 4.11. The number of hydrogen-bond donors (Lipinski definition) is 0. The molecule has 3 unspecified atom stereocenters. The Morgan fingerprint density at radius 1 is 1.73 bits per heavy atom. The van der Waals surface area contributed by atoms with E-state index in [0.29, 0.717) is 0 Å². The van der Waals surface area contributed by atoms with Crippen molar-refractivity contribution in [3.63, 3.8) is 0 Å². The second kappa shape index (κ2) is 2.23. The topological polar surface area (TPSA) is 23.8 Å². The maximum atomic E-state index is 8.71. The van der Waals surface area contributed by atoms with Crippen LogP contribution in [-0.2, 0) is 0 Å². The fourth-order valence-electron chi connectivity index (χ4n) is 1.78. The van der Waals surface area contributed by atoms with Crippen LogP contribution in [-0.4, -0.2) is 0 Å². The number of nitriles is 1. The molecule has 0 bridgehead atoms. The standard InChI is InChI=1S/C10H11N/c1-7(6-11)9-4-2-3-8-5-10(8)9/h2-4,7-8,10H,5H2,1H3. The molecule has 1 fully saturated rings. The molecule has 2 aliphatic carbocycles. The summed E-state index contributed by atoms with van der Waals surface area (Å²) in [4.78, 5) is 0. The van der Waals surface area contributed by atoms with Gasteiger partial charge in [0.25, 0.3) is 0 Å². The van der Waals surface area contributed by atoms with Crippen molar-refractivity contribution in [1.29, 1.82) is 5.26 Å². The summed E-state index contributed by atoms with van der Waals surface area (Å²) in [7, 11) is 0. The van der Waals surface area contributed by atoms with Gasteiger partial charge in [-0.1, -0.05) is 18.2 Å². The van der Waals surface area contributed by atoms with E-state index >= 15 is 0 Å². The Bertz CT molecular complexity index is 267. The van der Waals surface area contributed by atoms with Crippen molar-refractivity contribution in [2.75, 3.05) is 0 Å².